The number of aliphatic carboxylic acids is 2. The van der Waals surface area contributed by atoms with Gasteiger partial charge in [0.15, 0.2) is 11.5 Å². The molecule has 0 aliphatic carbocycles. The molecule has 12 aromatic rings. The molecular formula is C89H90Cl3N11O17S4. The largest absolute Gasteiger partial charge is 0.504 e. The predicted molar refractivity (Wildman–Crippen MR) is 482 cm³/mol. The van der Waals surface area contributed by atoms with Crippen LogP contribution in [-0.2, 0) is 86.9 Å². The number of carbonyl (C=O) groups is 8. The first kappa shape index (κ1) is 94.2. The van der Waals surface area contributed by atoms with Crippen LogP contribution in [0.15, 0.2) is 209 Å². The molecule has 648 valence electrons. The van der Waals surface area contributed by atoms with Crippen molar-refractivity contribution in [2.45, 2.75) is 71.5 Å². The molecule has 1 saturated heterocycles. The summed E-state index contributed by atoms with van der Waals surface area (Å²) in [5.41, 5.74) is 17.1. The normalized spacial score (nSPS) is 13.2. The standard InChI is InChI=1S/C17H20N2O2S.C15H18ClN3O3S.C15H14ClNO3.C15H15NO3.C14H12ClNO2.C13H11N3O4S2/c1-2-21-17(20)15-13-8-9-19(11-14(13)22-16(15)18)10-12-6-4-3-5-7-12;16-11-1-2-13-12(9-11)19(15(22)23-13)10-14(21)18-5-3-17(4-6-18)7-8-20;1-9-7-12(8-13(18)19)17(2)14(9)15(20)10-3-5-11(16)6-4-10;1-10-3-5-11(6-4-10)15(19)13-8-7-12(16(13)2)9-14(17)18;1-9-11(15)6-4-8-12(9)16-13-7-3-2-5-10(13)14(17)18;1-16-10(13(18)15-9-4-2-3-6-14-9)11(17)12-8(5-7-21-12)22(16,19)20/h3-7H,2,8-11,18H2,1H3;1-2,9,20H,3-8,10H2;3-7H,8H2,1-2H3,(H,18,19);3-8H,9H2,1-2H3,(H,17,18);2-8,16H,1H3,(H,17,18);2-7,17H,1H3,(H,14,15,18). The van der Waals surface area contributed by atoms with E-state index in [1.54, 1.807) is 162 Å². The Balaban J connectivity index is 0.000000156. The number of hydrogen-bond acceptors (Lipinski definition) is 22. The number of aryl methyl sites for hydroxylation is 2. The van der Waals surface area contributed by atoms with E-state index in [0.717, 1.165) is 98.8 Å². The number of hydrogen-bond donors (Lipinski definition) is 8. The number of nitrogens with zero attached hydrogens (tertiary/aromatic N) is 8. The quantitative estimate of drug-likeness (QED) is 0.0245. The number of benzene rings is 6. The number of aromatic carboxylic acids is 1. The summed E-state index contributed by atoms with van der Waals surface area (Å²) in [5.74, 6) is -4.22. The van der Waals surface area contributed by atoms with E-state index in [0.29, 0.717) is 97.0 Å². The number of carboxylic acids is 3. The first-order valence-electron chi connectivity index (χ1n) is 38.6. The second-order valence-corrected chi connectivity index (χ2v) is 34.7. The zero-order valence-electron chi connectivity index (χ0n) is 68.4. The molecule has 6 aromatic heterocycles. The predicted octanol–water partition coefficient (Wildman–Crippen LogP) is 14.7. The first-order chi connectivity index (χ1) is 59.2. The van der Waals surface area contributed by atoms with Crippen molar-refractivity contribution >= 4 is 164 Å². The number of thiazole rings is 1. The Morgan fingerprint density at radius 3 is 1.98 bits per heavy atom. The van der Waals surface area contributed by atoms with Crippen molar-refractivity contribution in [1.82, 2.24) is 37.7 Å². The van der Waals surface area contributed by atoms with Crippen LogP contribution >= 0.6 is 68.8 Å². The van der Waals surface area contributed by atoms with Gasteiger partial charge in [0, 0.05) is 128 Å². The number of ketones is 2. The Morgan fingerprint density at radius 2 is 1.31 bits per heavy atom. The van der Waals surface area contributed by atoms with Crippen molar-refractivity contribution in [2.75, 3.05) is 75.9 Å². The molecule has 0 radical (unpaired) electrons. The molecule has 124 heavy (non-hydrogen) atoms. The molecule has 2 amide bonds. The number of carboxylic acid groups (broad SMARTS) is 3. The number of aliphatic hydroxyl groups excluding tert-OH is 2. The van der Waals surface area contributed by atoms with Crippen LogP contribution in [0.2, 0.25) is 15.1 Å². The van der Waals surface area contributed by atoms with Crippen LogP contribution < -0.4 is 21.2 Å². The number of pyridine rings is 1. The fourth-order valence-electron chi connectivity index (χ4n) is 13.6. The summed E-state index contributed by atoms with van der Waals surface area (Å²) in [4.78, 5) is 118. The number of rotatable bonds is 21. The Hall–Kier alpha value is -12.1. The van der Waals surface area contributed by atoms with Crippen molar-refractivity contribution in [3.63, 3.8) is 0 Å². The minimum Gasteiger partial charge on any atom is -0.504 e. The molecule has 6 aromatic carbocycles. The van der Waals surface area contributed by atoms with Gasteiger partial charge < -0.3 is 60.7 Å². The zero-order chi connectivity index (χ0) is 89.8. The highest BCUT2D eigenvalue weighted by atomic mass is 35.5. The number of amides is 2. The van der Waals surface area contributed by atoms with E-state index in [-0.39, 0.29) is 86.9 Å². The highest BCUT2D eigenvalue weighted by Gasteiger charge is 2.39. The Bertz CT molecular complexity index is 6100. The maximum Gasteiger partial charge on any atom is 0.341 e. The summed E-state index contributed by atoms with van der Waals surface area (Å²) in [5, 5.41) is 55.4. The lowest BCUT2D eigenvalue weighted by Gasteiger charge is -2.34. The van der Waals surface area contributed by atoms with Gasteiger partial charge in [0.25, 0.3) is 15.9 Å². The SMILES string of the molecule is CCOC(=O)c1c(N)sc2c1CCN(Cc1ccccc1)C2.CN1C(C(=O)Nc2ccccn2)=C(O)c2sccc2S1(=O)=O.Cc1c(Cl)cccc1Nc1ccccc1C(=O)O.Cc1cc(CC(=O)O)n(C)c1C(=O)c1ccc(Cl)cc1.Cc1ccc(C(=O)c2ccc(CC(=O)O)n2C)cc1.O=C(Cn1c(=O)sc2ccc(Cl)cc21)N1CCN(CCO)CC1. The monoisotopic (exact) mass is 1820 g/mol. The van der Waals surface area contributed by atoms with Gasteiger partial charge >= 0.3 is 28.8 Å². The lowest BCUT2D eigenvalue weighted by molar-refractivity contribution is -0.137. The molecule has 0 atom stereocenters. The van der Waals surface area contributed by atoms with Crippen LogP contribution in [0, 0.1) is 20.8 Å². The van der Waals surface area contributed by atoms with E-state index in [1.807, 2.05) is 51.1 Å². The van der Waals surface area contributed by atoms with E-state index < -0.39 is 33.8 Å². The summed E-state index contributed by atoms with van der Waals surface area (Å²) in [6.45, 7) is 14.1. The minimum absolute atomic E-state index is 0.00751. The average Bonchev–Trinajstić information content (AvgIpc) is 1.46. The number of aliphatic hydroxyl groups is 2. The number of esters is 1. The third kappa shape index (κ3) is 23.8. The summed E-state index contributed by atoms with van der Waals surface area (Å²) in [6.07, 6.45) is 2.15. The fourth-order valence-corrected chi connectivity index (χ4v) is 18.6. The van der Waals surface area contributed by atoms with E-state index in [1.165, 1.54) is 45.7 Å². The van der Waals surface area contributed by atoms with Gasteiger partial charge in [-0.15, -0.1) is 22.7 Å². The molecule has 15 rings (SSSR count). The van der Waals surface area contributed by atoms with Gasteiger partial charge in [0.2, 0.25) is 17.5 Å². The van der Waals surface area contributed by atoms with Crippen LogP contribution in [0.25, 0.3) is 16.0 Å². The number of ether oxygens (including phenoxy) is 1. The molecule has 0 bridgehead atoms. The minimum atomic E-state index is -3.85. The molecule has 0 unspecified atom stereocenters. The second-order valence-electron chi connectivity index (χ2n) is 28.4. The average molecular weight is 1820 g/mol. The number of nitrogens with two attached hydrogens (primary N) is 1. The van der Waals surface area contributed by atoms with Gasteiger partial charge in [0.05, 0.1) is 69.4 Å². The van der Waals surface area contributed by atoms with Crippen molar-refractivity contribution in [3.8, 4) is 0 Å². The van der Waals surface area contributed by atoms with Gasteiger partial charge in [-0.2, -0.15) is 0 Å². The van der Waals surface area contributed by atoms with Crippen LogP contribution in [0.1, 0.15) is 109 Å². The maximum absolute atomic E-state index is 12.5. The van der Waals surface area contributed by atoms with Crippen LogP contribution in [0.4, 0.5) is 22.2 Å². The van der Waals surface area contributed by atoms with E-state index in [9.17, 15) is 56.7 Å². The molecule has 9 N–H and O–H groups in total. The smallest absolute Gasteiger partial charge is 0.341 e. The summed E-state index contributed by atoms with van der Waals surface area (Å²) in [7, 11) is 0.780. The lowest BCUT2D eigenvalue weighted by atomic mass is 10.0. The molecule has 1 fully saturated rings. The van der Waals surface area contributed by atoms with E-state index >= 15 is 0 Å². The maximum atomic E-state index is 12.5. The number of nitrogens with one attached hydrogen (secondary N) is 2. The zero-order valence-corrected chi connectivity index (χ0v) is 74.0. The van der Waals surface area contributed by atoms with E-state index in [4.69, 9.17) is 65.7 Å². The molecule has 28 nitrogen and oxygen atoms in total. The van der Waals surface area contributed by atoms with Crippen LogP contribution in [0.5, 0.6) is 0 Å². The summed E-state index contributed by atoms with van der Waals surface area (Å²) in [6, 6.07) is 53.3. The molecule has 0 saturated carbocycles. The van der Waals surface area contributed by atoms with E-state index in [2.05, 4.69) is 49.7 Å². The number of nitrogen functional groups attached to an aromatic ring is 1. The highest BCUT2D eigenvalue weighted by molar-refractivity contribution is 7.89. The Kier molecular flexibility index (Phi) is 32.9. The van der Waals surface area contributed by atoms with Crippen molar-refractivity contribution in [1.29, 1.82) is 0 Å². The third-order valence-corrected chi connectivity index (χ3v) is 25.8. The number of sulfonamides is 1. The van der Waals surface area contributed by atoms with Crippen LogP contribution in [-0.4, -0.2) is 178 Å². The van der Waals surface area contributed by atoms with Gasteiger partial charge in [-0.25, -0.2) is 23.0 Å². The number of halogens is 3. The number of fused-ring (bicyclic) bond motifs is 3. The number of thiophene rings is 2. The van der Waals surface area contributed by atoms with Gasteiger partial charge in [0.1, 0.15) is 22.3 Å². The van der Waals surface area contributed by atoms with Gasteiger partial charge in [-0.3, -0.25) is 52.2 Å². The molecule has 9 heterocycles. The van der Waals surface area contributed by atoms with Gasteiger partial charge in [-0.05, 0) is 165 Å². The van der Waals surface area contributed by atoms with Crippen molar-refractivity contribution in [3.05, 3.63) is 307 Å². The molecule has 0 spiro atoms. The Labute approximate surface area is 741 Å². The highest BCUT2D eigenvalue weighted by Crippen LogP contribution is 2.40. The second kappa shape index (κ2) is 43.3. The number of likely N-dealkylation sites (N-methyl/N-ethyl adjacent to an activating group) is 1. The number of aromatic nitrogens is 4. The number of carbonyl (C=O) groups excluding carboxylic acids is 5. The Morgan fingerprint density at radius 1 is 0.669 bits per heavy atom. The molecule has 3 aliphatic heterocycles. The summed E-state index contributed by atoms with van der Waals surface area (Å²) >= 11 is 21.5. The topological polar surface area (TPSA) is 389 Å². The number of anilines is 4. The van der Waals surface area contributed by atoms with Crippen molar-refractivity contribution in [2.24, 2.45) is 14.1 Å². The third-order valence-electron chi connectivity index (χ3n) is 20.1. The molecule has 3 aliphatic rings. The molecule has 35 heteroatoms. The lowest BCUT2D eigenvalue weighted by Crippen LogP contribution is -2.50. The van der Waals surface area contributed by atoms with Crippen molar-refractivity contribution < 1.29 is 77.0 Å². The summed E-state index contributed by atoms with van der Waals surface area (Å²) < 4.78 is 36.2. The number of piperazine rings is 1. The van der Waals surface area contributed by atoms with Crippen LogP contribution in [0.3, 0.4) is 0 Å². The molecular weight excluding hydrogens is 1730 g/mol. The van der Waals surface area contributed by atoms with Gasteiger partial charge in [-0.1, -0.05) is 131 Å². The number of para-hydroxylation sites is 1. The first-order valence-corrected chi connectivity index (χ1v) is 43.7. The number of β-amino-alcohol motifs (C(OH)–C–C–N with tert-alkyl or cyclic N) is 1. The fraction of sp³-hybridized carbons (Fsp3) is 0.236.